The zero-order valence-electron chi connectivity index (χ0n) is 17.1. The number of nitrogens with one attached hydrogen (secondary N) is 1. The molecule has 5 heteroatoms. The zero-order chi connectivity index (χ0) is 19.5. The first kappa shape index (κ1) is 19.3. The minimum absolute atomic E-state index is 0.00139. The van der Waals surface area contributed by atoms with Gasteiger partial charge in [0.1, 0.15) is 6.17 Å². The van der Waals surface area contributed by atoms with E-state index in [2.05, 4.69) is 17.1 Å². The predicted octanol–water partition coefficient (Wildman–Crippen LogP) is 4.32. The van der Waals surface area contributed by atoms with E-state index in [1.807, 2.05) is 23.1 Å². The monoisotopic (exact) mass is 383 g/mol. The van der Waals surface area contributed by atoms with E-state index in [0.29, 0.717) is 5.56 Å². The number of anilines is 1. The van der Waals surface area contributed by atoms with Crippen molar-refractivity contribution in [2.75, 3.05) is 18.0 Å². The molecule has 0 unspecified atom stereocenters. The van der Waals surface area contributed by atoms with Crippen molar-refractivity contribution < 1.29 is 9.59 Å². The fraction of sp³-hybridized carbons (Fsp3) is 0.652. The molecule has 1 aliphatic carbocycles. The Hall–Kier alpha value is -2.04. The Morgan fingerprint density at radius 3 is 2.50 bits per heavy atom. The largest absolute Gasteiger partial charge is 0.351 e. The Labute approximate surface area is 168 Å². The molecule has 1 atom stereocenters. The third-order valence-corrected chi connectivity index (χ3v) is 6.67. The summed E-state index contributed by atoms with van der Waals surface area (Å²) < 4.78 is 0. The minimum Gasteiger partial charge on any atom is -0.351 e. The predicted molar refractivity (Wildman–Crippen MR) is 112 cm³/mol. The van der Waals surface area contributed by atoms with Gasteiger partial charge in [0.05, 0.1) is 11.3 Å². The van der Waals surface area contributed by atoms with Crippen LogP contribution in [0.2, 0.25) is 0 Å². The van der Waals surface area contributed by atoms with Crippen LogP contribution in [0.15, 0.2) is 18.2 Å². The van der Waals surface area contributed by atoms with Crippen LogP contribution in [0.5, 0.6) is 0 Å². The second kappa shape index (κ2) is 8.54. The van der Waals surface area contributed by atoms with Crippen molar-refractivity contribution in [3.8, 4) is 0 Å². The van der Waals surface area contributed by atoms with Crippen molar-refractivity contribution in [1.82, 2.24) is 10.2 Å². The lowest BCUT2D eigenvalue weighted by Crippen LogP contribution is -2.55. The van der Waals surface area contributed by atoms with Gasteiger partial charge in [0.2, 0.25) is 0 Å². The van der Waals surface area contributed by atoms with Crippen LogP contribution in [0.25, 0.3) is 0 Å². The Morgan fingerprint density at radius 1 is 1.04 bits per heavy atom. The smallest absolute Gasteiger partial charge is 0.257 e. The molecular weight excluding hydrogens is 350 g/mol. The molecule has 152 valence electrons. The van der Waals surface area contributed by atoms with Crippen molar-refractivity contribution in [2.24, 2.45) is 0 Å². The first-order valence-electron chi connectivity index (χ1n) is 11.2. The van der Waals surface area contributed by atoms with Gasteiger partial charge in [-0.05, 0) is 57.2 Å². The summed E-state index contributed by atoms with van der Waals surface area (Å²) in [4.78, 5) is 30.4. The molecule has 0 aromatic heterocycles. The summed E-state index contributed by atoms with van der Waals surface area (Å²) in [6, 6.07) is 5.93. The first-order valence-corrected chi connectivity index (χ1v) is 11.2. The average Bonchev–Trinajstić information content (AvgIpc) is 3.11. The summed E-state index contributed by atoms with van der Waals surface area (Å²) in [6.45, 7) is 3.82. The molecule has 1 N–H and O–H groups in total. The van der Waals surface area contributed by atoms with Gasteiger partial charge in [0, 0.05) is 24.7 Å². The molecular formula is C23H33N3O2. The van der Waals surface area contributed by atoms with Crippen LogP contribution in [0.3, 0.4) is 0 Å². The Bertz CT molecular complexity index is 725. The number of carbonyl (C=O) groups excluding carboxylic acids is 2. The molecule has 1 aromatic rings. The number of fused-ring (bicyclic) bond motifs is 2. The molecule has 0 bridgehead atoms. The SMILES string of the molecule is CCN1c2cc(C(=O)NC3CCCCCC3)ccc2C(=O)N2CCCCC[C@@H]21. The maximum absolute atomic E-state index is 13.1. The van der Waals surface area contributed by atoms with Gasteiger partial charge >= 0.3 is 0 Å². The van der Waals surface area contributed by atoms with Crippen LogP contribution in [-0.4, -0.2) is 42.0 Å². The molecule has 2 amide bonds. The zero-order valence-corrected chi connectivity index (χ0v) is 17.1. The number of amides is 2. The molecule has 2 heterocycles. The highest BCUT2D eigenvalue weighted by atomic mass is 16.2. The molecule has 3 aliphatic rings. The van der Waals surface area contributed by atoms with E-state index < -0.39 is 0 Å². The van der Waals surface area contributed by atoms with E-state index in [0.717, 1.165) is 56.4 Å². The van der Waals surface area contributed by atoms with Gasteiger partial charge < -0.3 is 15.1 Å². The fourth-order valence-corrected chi connectivity index (χ4v) is 5.13. The van der Waals surface area contributed by atoms with Gasteiger partial charge in [-0.15, -0.1) is 0 Å². The molecule has 1 saturated heterocycles. The molecule has 1 aromatic carbocycles. The molecule has 5 nitrogen and oxygen atoms in total. The van der Waals surface area contributed by atoms with Gasteiger partial charge in [-0.2, -0.15) is 0 Å². The molecule has 0 spiro atoms. The molecule has 2 fully saturated rings. The quantitative estimate of drug-likeness (QED) is 0.791. The lowest BCUT2D eigenvalue weighted by molar-refractivity contribution is 0.0656. The lowest BCUT2D eigenvalue weighted by Gasteiger charge is -2.44. The topological polar surface area (TPSA) is 52.7 Å². The number of rotatable bonds is 3. The summed E-state index contributed by atoms with van der Waals surface area (Å²) in [6.07, 6.45) is 11.7. The molecule has 1 saturated carbocycles. The van der Waals surface area contributed by atoms with E-state index in [9.17, 15) is 9.59 Å². The Morgan fingerprint density at radius 2 is 1.75 bits per heavy atom. The van der Waals surface area contributed by atoms with Crippen molar-refractivity contribution >= 4 is 17.5 Å². The van der Waals surface area contributed by atoms with Gasteiger partial charge in [-0.25, -0.2) is 0 Å². The Kier molecular flexibility index (Phi) is 5.88. The van der Waals surface area contributed by atoms with Gasteiger partial charge in [0.25, 0.3) is 11.8 Å². The minimum atomic E-state index is 0.00139. The molecule has 4 rings (SSSR count). The maximum Gasteiger partial charge on any atom is 0.257 e. The third kappa shape index (κ3) is 3.76. The molecule has 2 aliphatic heterocycles. The first-order chi connectivity index (χ1) is 13.7. The lowest BCUT2D eigenvalue weighted by atomic mass is 10.0. The third-order valence-electron chi connectivity index (χ3n) is 6.67. The van der Waals surface area contributed by atoms with Gasteiger partial charge in [0.15, 0.2) is 0 Å². The van der Waals surface area contributed by atoms with Crippen LogP contribution in [0, 0.1) is 0 Å². The van der Waals surface area contributed by atoms with Crippen LogP contribution >= 0.6 is 0 Å². The van der Waals surface area contributed by atoms with Crippen molar-refractivity contribution in [2.45, 2.75) is 83.3 Å². The highest BCUT2D eigenvalue weighted by Crippen LogP contribution is 2.35. The highest BCUT2D eigenvalue weighted by molar-refractivity contribution is 6.04. The summed E-state index contributed by atoms with van der Waals surface area (Å²) in [5.41, 5.74) is 2.35. The summed E-state index contributed by atoms with van der Waals surface area (Å²) in [5.74, 6) is 0.129. The Balaban J connectivity index is 1.59. The molecule has 28 heavy (non-hydrogen) atoms. The molecule has 0 radical (unpaired) electrons. The van der Waals surface area contributed by atoms with Crippen LogP contribution in [-0.2, 0) is 0 Å². The van der Waals surface area contributed by atoms with E-state index in [4.69, 9.17) is 0 Å². The standard InChI is InChI=1S/C23H33N3O2/c1-2-25-20-16-17(22(27)24-18-10-6-3-4-7-11-18)13-14-19(20)23(28)26-15-9-5-8-12-21(25)26/h13-14,16,18,21H,2-12,15H2,1H3,(H,24,27)/t21-/m1/s1. The number of hydrogen-bond donors (Lipinski definition) is 1. The highest BCUT2D eigenvalue weighted by Gasteiger charge is 2.37. The summed E-state index contributed by atoms with van der Waals surface area (Å²) >= 11 is 0. The fourth-order valence-electron chi connectivity index (χ4n) is 5.13. The van der Waals surface area contributed by atoms with E-state index in [1.165, 1.54) is 32.1 Å². The number of hydrogen-bond acceptors (Lipinski definition) is 3. The summed E-state index contributed by atoms with van der Waals surface area (Å²) in [7, 11) is 0. The number of benzene rings is 1. The number of nitrogens with zero attached hydrogens (tertiary/aromatic N) is 2. The maximum atomic E-state index is 13.1. The van der Waals surface area contributed by atoms with Gasteiger partial charge in [-0.3, -0.25) is 9.59 Å². The van der Waals surface area contributed by atoms with E-state index in [-0.39, 0.29) is 24.0 Å². The van der Waals surface area contributed by atoms with Gasteiger partial charge in [-0.1, -0.05) is 32.1 Å². The normalized spacial score (nSPS) is 23.5. The van der Waals surface area contributed by atoms with Crippen molar-refractivity contribution in [3.05, 3.63) is 29.3 Å². The van der Waals surface area contributed by atoms with Crippen LogP contribution in [0.1, 0.15) is 91.8 Å². The van der Waals surface area contributed by atoms with Crippen molar-refractivity contribution in [3.63, 3.8) is 0 Å². The van der Waals surface area contributed by atoms with Crippen LogP contribution < -0.4 is 10.2 Å². The van der Waals surface area contributed by atoms with E-state index >= 15 is 0 Å². The average molecular weight is 384 g/mol. The summed E-state index contributed by atoms with van der Waals surface area (Å²) in [5, 5.41) is 3.24. The second-order valence-electron chi connectivity index (χ2n) is 8.51. The van der Waals surface area contributed by atoms with Crippen LogP contribution in [0.4, 0.5) is 5.69 Å². The van der Waals surface area contributed by atoms with E-state index in [1.54, 1.807) is 0 Å². The number of carbonyl (C=O) groups is 2. The second-order valence-corrected chi connectivity index (χ2v) is 8.51. The van der Waals surface area contributed by atoms with Crippen molar-refractivity contribution in [1.29, 1.82) is 0 Å².